The summed E-state index contributed by atoms with van der Waals surface area (Å²) < 4.78 is 27.2. The lowest BCUT2D eigenvalue weighted by atomic mass is 10.2. The van der Waals surface area contributed by atoms with Gasteiger partial charge in [0.1, 0.15) is 15.6 Å². The van der Waals surface area contributed by atoms with Gasteiger partial charge >= 0.3 is 5.91 Å². The number of nitrogens with one attached hydrogen (secondary N) is 1. The Morgan fingerprint density at radius 3 is 2.78 bits per heavy atom. The van der Waals surface area contributed by atoms with Gasteiger partial charge in [0.2, 0.25) is 0 Å². The van der Waals surface area contributed by atoms with Crippen molar-refractivity contribution in [1.29, 1.82) is 0 Å². The SMILES string of the molecule is Cc1cc(CSCCS(C)(=O)=O)oc1C(=O)NN. The number of rotatable bonds is 6. The normalized spacial score (nSPS) is 11.5. The second kappa shape index (κ2) is 6.26. The van der Waals surface area contributed by atoms with E-state index in [0.29, 0.717) is 22.8 Å². The van der Waals surface area contributed by atoms with Crippen LogP contribution in [0.4, 0.5) is 0 Å². The Kier molecular flexibility index (Phi) is 5.24. The van der Waals surface area contributed by atoms with Gasteiger partial charge in [0.15, 0.2) is 5.76 Å². The van der Waals surface area contributed by atoms with E-state index in [1.807, 2.05) is 5.43 Å². The van der Waals surface area contributed by atoms with Crippen molar-refractivity contribution in [3.8, 4) is 0 Å². The highest BCUT2D eigenvalue weighted by Crippen LogP contribution is 2.19. The van der Waals surface area contributed by atoms with Crippen molar-refractivity contribution in [2.45, 2.75) is 12.7 Å². The van der Waals surface area contributed by atoms with Crippen LogP contribution in [0.15, 0.2) is 10.5 Å². The van der Waals surface area contributed by atoms with Crippen LogP contribution in [0.25, 0.3) is 0 Å². The van der Waals surface area contributed by atoms with Gasteiger partial charge in [-0.15, -0.1) is 0 Å². The second-order valence-electron chi connectivity index (χ2n) is 3.88. The first-order valence-electron chi connectivity index (χ1n) is 5.19. The van der Waals surface area contributed by atoms with Crippen LogP contribution in [0.2, 0.25) is 0 Å². The molecule has 0 radical (unpaired) electrons. The van der Waals surface area contributed by atoms with Gasteiger partial charge in [-0.05, 0) is 13.0 Å². The molecule has 0 saturated carbocycles. The highest BCUT2D eigenvalue weighted by Gasteiger charge is 2.14. The summed E-state index contributed by atoms with van der Waals surface area (Å²) in [6.45, 7) is 1.75. The van der Waals surface area contributed by atoms with Crippen LogP contribution >= 0.6 is 11.8 Å². The number of furan rings is 1. The zero-order valence-electron chi connectivity index (χ0n) is 10.2. The fraction of sp³-hybridized carbons (Fsp3) is 0.500. The standard InChI is InChI=1S/C10H16N2O4S2/c1-7-5-8(16-9(7)10(13)12-11)6-17-3-4-18(2,14)15/h5H,3-4,6,11H2,1-2H3,(H,12,13). The van der Waals surface area contributed by atoms with Crippen LogP contribution in [0.5, 0.6) is 0 Å². The van der Waals surface area contributed by atoms with E-state index in [-0.39, 0.29) is 11.5 Å². The lowest BCUT2D eigenvalue weighted by Crippen LogP contribution is -2.30. The number of sulfone groups is 1. The maximum absolute atomic E-state index is 11.3. The van der Waals surface area contributed by atoms with E-state index in [4.69, 9.17) is 10.3 Å². The molecule has 0 fully saturated rings. The molecule has 1 rings (SSSR count). The van der Waals surface area contributed by atoms with Crippen molar-refractivity contribution >= 4 is 27.5 Å². The number of hydrogen-bond donors (Lipinski definition) is 2. The van der Waals surface area contributed by atoms with Gasteiger partial charge in [-0.1, -0.05) is 0 Å². The highest BCUT2D eigenvalue weighted by molar-refractivity contribution is 7.99. The molecule has 1 aromatic rings. The summed E-state index contributed by atoms with van der Waals surface area (Å²) in [6, 6.07) is 1.75. The van der Waals surface area contributed by atoms with Gasteiger partial charge in [-0.3, -0.25) is 10.2 Å². The predicted molar refractivity (Wildman–Crippen MR) is 71.0 cm³/mol. The topological polar surface area (TPSA) is 102 Å². The Morgan fingerprint density at radius 2 is 2.22 bits per heavy atom. The zero-order chi connectivity index (χ0) is 13.8. The first-order valence-corrected chi connectivity index (χ1v) is 8.40. The third-order valence-corrected chi connectivity index (χ3v) is 4.33. The van der Waals surface area contributed by atoms with Gasteiger partial charge in [0.25, 0.3) is 0 Å². The Labute approximate surface area is 110 Å². The Morgan fingerprint density at radius 1 is 1.56 bits per heavy atom. The molecule has 1 amide bonds. The zero-order valence-corrected chi connectivity index (χ0v) is 11.9. The number of carbonyl (C=O) groups excluding carboxylic acids is 1. The van der Waals surface area contributed by atoms with Crippen LogP contribution < -0.4 is 11.3 Å². The molecule has 0 bridgehead atoms. The van der Waals surface area contributed by atoms with Crippen molar-refractivity contribution in [3.63, 3.8) is 0 Å². The number of aryl methyl sites for hydroxylation is 1. The number of nitrogens with two attached hydrogens (primary N) is 1. The molecule has 102 valence electrons. The first kappa shape index (κ1) is 15.1. The first-order chi connectivity index (χ1) is 8.33. The van der Waals surface area contributed by atoms with Crippen molar-refractivity contribution in [3.05, 3.63) is 23.2 Å². The molecule has 1 heterocycles. The van der Waals surface area contributed by atoms with Crippen LogP contribution in [0.1, 0.15) is 21.9 Å². The Hall–Kier alpha value is -0.990. The molecule has 0 aliphatic rings. The van der Waals surface area contributed by atoms with Crippen molar-refractivity contribution < 1.29 is 17.6 Å². The summed E-state index contributed by atoms with van der Waals surface area (Å²) in [5, 5.41) is 0. The van der Waals surface area contributed by atoms with E-state index in [0.717, 1.165) is 0 Å². The molecule has 0 unspecified atom stereocenters. The van der Waals surface area contributed by atoms with Gasteiger partial charge in [-0.25, -0.2) is 14.3 Å². The molecule has 0 saturated heterocycles. The molecule has 0 atom stereocenters. The van der Waals surface area contributed by atoms with Crippen molar-refractivity contribution in [1.82, 2.24) is 5.43 Å². The number of carbonyl (C=O) groups is 1. The smallest absolute Gasteiger partial charge is 0.301 e. The van der Waals surface area contributed by atoms with E-state index in [9.17, 15) is 13.2 Å². The summed E-state index contributed by atoms with van der Waals surface area (Å²) in [7, 11) is -2.93. The second-order valence-corrected chi connectivity index (χ2v) is 7.25. The molecule has 3 N–H and O–H groups in total. The average Bonchev–Trinajstić information content (AvgIpc) is 2.64. The minimum atomic E-state index is -2.93. The van der Waals surface area contributed by atoms with Gasteiger partial charge < -0.3 is 4.42 Å². The van der Waals surface area contributed by atoms with Gasteiger partial charge in [0.05, 0.1) is 11.5 Å². The van der Waals surface area contributed by atoms with E-state index in [2.05, 4.69) is 0 Å². The van der Waals surface area contributed by atoms with E-state index < -0.39 is 15.7 Å². The van der Waals surface area contributed by atoms with Crippen molar-refractivity contribution in [2.24, 2.45) is 5.84 Å². The average molecular weight is 292 g/mol. The molecule has 18 heavy (non-hydrogen) atoms. The number of hydrogen-bond acceptors (Lipinski definition) is 6. The molecule has 0 aliphatic heterocycles. The van der Waals surface area contributed by atoms with E-state index in [1.54, 1.807) is 13.0 Å². The van der Waals surface area contributed by atoms with E-state index in [1.165, 1.54) is 18.0 Å². The third kappa shape index (κ3) is 4.71. The fourth-order valence-corrected chi connectivity index (χ4v) is 3.46. The third-order valence-electron chi connectivity index (χ3n) is 2.15. The largest absolute Gasteiger partial charge is 0.455 e. The van der Waals surface area contributed by atoms with Gasteiger partial charge in [-0.2, -0.15) is 11.8 Å². The maximum Gasteiger partial charge on any atom is 0.301 e. The predicted octanol–water partition coefficient (Wildman–Crippen LogP) is 0.469. The number of hydrazine groups is 1. The van der Waals surface area contributed by atoms with Gasteiger partial charge in [0, 0.05) is 17.6 Å². The monoisotopic (exact) mass is 292 g/mol. The molecule has 6 nitrogen and oxygen atoms in total. The fourth-order valence-electron chi connectivity index (χ4n) is 1.29. The lowest BCUT2D eigenvalue weighted by Gasteiger charge is -1.98. The minimum Gasteiger partial charge on any atom is -0.455 e. The van der Waals surface area contributed by atoms with Crippen molar-refractivity contribution in [2.75, 3.05) is 17.8 Å². The van der Waals surface area contributed by atoms with E-state index >= 15 is 0 Å². The summed E-state index contributed by atoms with van der Waals surface area (Å²) in [5.74, 6) is 6.52. The van der Waals surface area contributed by atoms with Crippen LogP contribution in [0, 0.1) is 6.92 Å². The molecule has 0 aliphatic carbocycles. The molecule has 8 heteroatoms. The van der Waals surface area contributed by atoms with Crippen LogP contribution in [-0.4, -0.2) is 32.1 Å². The molecular weight excluding hydrogens is 276 g/mol. The number of nitrogen functional groups attached to an aromatic ring is 1. The Balaban J connectivity index is 2.51. The Bertz CT molecular complexity index is 522. The molecule has 0 aromatic carbocycles. The highest BCUT2D eigenvalue weighted by atomic mass is 32.2. The number of thioether (sulfide) groups is 1. The molecular formula is C10H16N2O4S2. The maximum atomic E-state index is 11.3. The lowest BCUT2D eigenvalue weighted by molar-refractivity contribution is 0.0923. The molecule has 1 aromatic heterocycles. The van der Waals surface area contributed by atoms with Crippen LogP contribution in [-0.2, 0) is 15.6 Å². The summed E-state index contributed by atoms with van der Waals surface area (Å²) in [6.07, 6.45) is 1.20. The molecule has 0 spiro atoms. The summed E-state index contributed by atoms with van der Waals surface area (Å²) in [4.78, 5) is 11.3. The summed E-state index contributed by atoms with van der Waals surface area (Å²) in [5.41, 5.74) is 2.71. The quantitative estimate of drug-likeness (QED) is 0.342. The summed E-state index contributed by atoms with van der Waals surface area (Å²) >= 11 is 1.44. The number of amides is 1. The van der Waals surface area contributed by atoms with Crippen LogP contribution in [0.3, 0.4) is 0 Å². The minimum absolute atomic E-state index is 0.132.